The van der Waals surface area contributed by atoms with Gasteiger partial charge in [-0.3, -0.25) is 0 Å². The van der Waals surface area contributed by atoms with Crippen LogP contribution in [0.15, 0.2) is 0 Å². The Kier molecular flexibility index (Phi) is 12.7. The van der Waals surface area contributed by atoms with Crippen molar-refractivity contribution in [3.63, 3.8) is 0 Å². The summed E-state index contributed by atoms with van der Waals surface area (Å²) in [4.78, 5) is 4.48. The number of likely N-dealkylation sites (N-methyl/N-ethyl adjacent to an activating group) is 1. The van der Waals surface area contributed by atoms with E-state index in [2.05, 4.69) is 70.8 Å². The molecule has 0 aliphatic heterocycles. The molecule has 0 fully saturated rings. The smallest absolute Gasteiger partial charge is 0.0796 e. The lowest BCUT2D eigenvalue weighted by Crippen LogP contribution is -2.24. The Hall–Kier alpha value is -0.400. The molecule has 0 bridgehead atoms. The third kappa shape index (κ3) is 9.00. The highest BCUT2D eigenvalue weighted by molar-refractivity contribution is 7.74. The van der Waals surface area contributed by atoms with E-state index in [4.69, 9.17) is 29.2 Å². The summed E-state index contributed by atoms with van der Waals surface area (Å²) in [6.45, 7) is 19.5. The van der Waals surface area contributed by atoms with Gasteiger partial charge < -0.3 is 19.9 Å². The van der Waals surface area contributed by atoms with Crippen molar-refractivity contribution in [2.24, 2.45) is 0 Å². The summed E-state index contributed by atoms with van der Waals surface area (Å²) in [5.41, 5.74) is 2.28. The van der Waals surface area contributed by atoms with Gasteiger partial charge >= 0.3 is 0 Å². The topological polar surface area (TPSA) is 27.7 Å². The standard InChI is InChI=1S/C15H26N2OS2.C5H13N/c1-6-17(5)8-10-18-9-7-16-12-11(15(2,3)4)13(19)14(12)20;1-4-6(3)5-2/h16H,6-10H2,1-5H3;4-5H2,1-3H3. The van der Waals surface area contributed by atoms with E-state index in [1.165, 1.54) is 5.56 Å². The molecule has 1 aromatic carbocycles. The minimum absolute atomic E-state index is 0.0480. The molecule has 0 amide bonds. The van der Waals surface area contributed by atoms with Gasteiger partial charge in [0.15, 0.2) is 0 Å². The monoisotopic (exact) mass is 401 g/mol. The molecule has 0 unspecified atom stereocenters. The molecule has 0 radical (unpaired) electrons. The van der Waals surface area contributed by atoms with Crippen LogP contribution in [0.25, 0.3) is 0 Å². The van der Waals surface area contributed by atoms with E-state index in [1.807, 2.05) is 0 Å². The second-order valence-corrected chi connectivity index (χ2v) is 8.40. The largest absolute Gasteiger partial charge is 0.381 e. The van der Waals surface area contributed by atoms with Crippen LogP contribution in [-0.2, 0) is 10.2 Å². The molecule has 1 aromatic rings. The van der Waals surface area contributed by atoms with Gasteiger partial charge in [-0.25, -0.2) is 0 Å². The van der Waals surface area contributed by atoms with Gasteiger partial charge in [0.05, 0.1) is 27.9 Å². The summed E-state index contributed by atoms with van der Waals surface area (Å²) in [6, 6.07) is 0. The second-order valence-electron chi connectivity index (χ2n) is 7.58. The molecule has 6 heteroatoms. The lowest BCUT2D eigenvalue weighted by Gasteiger charge is -2.27. The van der Waals surface area contributed by atoms with Gasteiger partial charge in [-0.05, 0) is 39.1 Å². The third-order valence-corrected chi connectivity index (χ3v) is 5.39. The Morgan fingerprint density at radius 1 is 0.885 bits per heavy atom. The van der Waals surface area contributed by atoms with Crippen molar-refractivity contribution in [1.82, 2.24) is 9.80 Å². The molecule has 0 saturated heterocycles. The second kappa shape index (κ2) is 12.9. The van der Waals surface area contributed by atoms with E-state index in [-0.39, 0.29) is 5.41 Å². The van der Waals surface area contributed by atoms with Crippen molar-refractivity contribution < 1.29 is 4.74 Å². The van der Waals surface area contributed by atoms with E-state index < -0.39 is 0 Å². The first-order chi connectivity index (χ1) is 12.1. The Morgan fingerprint density at radius 3 is 1.85 bits per heavy atom. The maximum Gasteiger partial charge on any atom is 0.0796 e. The fourth-order valence-corrected chi connectivity index (χ4v) is 3.01. The molecular formula is C20H39N3OS2. The maximum atomic E-state index is 5.61. The minimum atomic E-state index is 0.0480. The van der Waals surface area contributed by atoms with Crippen molar-refractivity contribution in [2.75, 3.05) is 65.3 Å². The van der Waals surface area contributed by atoms with Crippen molar-refractivity contribution in [3.05, 3.63) is 14.6 Å². The Bertz CT molecular complexity index is 570. The van der Waals surface area contributed by atoms with Crippen LogP contribution in [-0.4, -0.2) is 69.8 Å². The molecule has 0 heterocycles. The van der Waals surface area contributed by atoms with Crippen molar-refractivity contribution in [2.45, 2.75) is 47.0 Å². The van der Waals surface area contributed by atoms with Gasteiger partial charge in [-0.1, -0.05) is 66.0 Å². The number of rotatable bonds is 10. The predicted octanol–water partition coefficient (Wildman–Crippen LogP) is 4.66. The van der Waals surface area contributed by atoms with Gasteiger partial charge in [-0.15, -0.1) is 0 Å². The van der Waals surface area contributed by atoms with Crippen molar-refractivity contribution in [3.8, 4) is 0 Å². The first kappa shape index (κ1) is 25.6. The summed E-state index contributed by atoms with van der Waals surface area (Å²) in [7, 11) is 4.20. The highest BCUT2D eigenvalue weighted by atomic mass is 32.1. The van der Waals surface area contributed by atoms with E-state index in [9.17, 15) is 0 Å². The van der Waals surface area contributed by atoms with Crippen LogP contribution in [0.1, 0.15) is 47.1 Å². The van der Waals surface area contributed by atoms with Crippen LogP contribution in [0.5, 0.6) is 0 Å². The quantitative estimate of drug-likeness (QED) is 0.453. The summed E-state index contributed by atoms with van der Waals surface area (Å²) >= 11 is 10.7. The van der Waals surface area contributed by atoms with Crippen LogP contribution in [0.2, 0.25) is 0 Å². The van der Waals surface area contributed by atoms with Crippen LogP contribution in [0, 0.1) is 9.02 Å². The summed E-state index contributed by atoms with van der Waals surface area (Å²) in [5.74, 6) is 0. The number of hydrogen-bond donors (Lipinski definition) is 1. The molecule has 1 rings (SSSR count). The van der Waals surface area contributed by atoms with E-state index in [0.29, 0.717) is 6.61 Å². The summed E-state index contributed by atoms with van der Waals surface area (Å²) in [6.07, 6.45) is 0. The molecule has 0 aliphatic carbocycles. The highest BCUT2D eigenvalue weighted by Gasteiger charge is 2.25. The average molecular weight is 402 g/mol. The number of hydrogen-bond acceptors (Lipinski definition) is 6. The molecule has 26 heavy (non-hydrogen) atoms. The van der Waals surface area contributed by atoms with Gasteiger partial charge in [-0.2, -0.15) is 0 Å². The molecule has 0 atom stereocenters. The molecule has 0 spiro atoms. The molecule has 0 aromatic heterocycles. The summed E-state index contributed by atoms with van der Waals surface area (Å²) < 4.78 is 7.25. The SMILES string of the molecule is CCN(C)CC.CCN(C)CCOCCNc1c(C(C)(C)C)c(=S)c1=S. The first-order valence-corrected chi connectivity index (χ1v) is 10.4. The van der Waals surface area contributed by atoms with Gasteiger partial charge in [0, 0.05) is 18.7 Å². The highest BCUT2D eigenvalue weighted by Crippen LogP contribution is 2.36. The van der Waals surface area contributed by atoms with Crippen LogP contribution in [0.3, 0.4) is 0 Å². The number of ether oxygens (including phenoxy) is 1. The third-order valence-electron chi connectivity index (χ3n) is 4.45. The molecular weight excluding hydrogens is 362 g/mol. The zero-order valence-corrected chi connectivity index (χ0v) is 19.7. The molecule has 152 valence electrons. The zero-order valence-electron chi connectivity index (χ0n) is 18.1. The van der Waals surface area contributed by atoms with Crippen molar-refractivity contribution in [1.29, 1.82) is 0 Å². The lowest BCUT2D eigenvalue weighted by atomic mass is 9.83. The van der Waals surface area contributed by atoms with E-state index in [0.717, 1.165) is 54.0 Å². The number of nitrogens with one attached hydrogen (secondary N) is 1. The van der Waals surface area contributed by atoms with Crippen LogP contribution < -0.4 is 5.32 Å². The van der Waals surface area contributed by atoms with Gasteiger partial charge in [0.25, 0.3) is 0 Å². The number of anilines is 1. The molecule has 1 N–H and O–H groups in total. The predicted molar refractivity (Wildman–Crippen MR) is 121 cm³/mol. The van der Waals surface area contributed by atoms with Gasteiger partial charge in [0.2, 0.25) is 0 Å². The van der Waals surface area contributed by atoms with E-state index >= 15 is 0 Å². The Labute approximate surface area is 171 Å². The molecule has 0 saturated carbocycles. The first-order valence-electron chi connectivity index (χ1n) is 9.62. The van der Waals surface area contributed by atoms with Crippen LogP contribution >= 0.6 is 24.4 Å². The molecule has 4 nitrogen and oxygen atoms in total. The zero-order chi connectivity index (χ0) is 20.3. The van der Waals surface area contributed by atoms with Crippen LogP contribution in [0.4, 0.5) is 5.69 Å². The number of nitrogens with zero attached hydrogens (tertiary/aromatic N) is 2. The fraction of sp³-hybridized carbons (Fsp3) is 0.800. The Balaban J connectivity index is 0.000000896. The maximum absolute atomic E-state index is 5.61. The normalized spacial score (nSPS) is 11.8. The minimum Gasteiger partial charge on any atom is -0.381 e. The Morgan fingerprint density at radius 2 is 1.42 bits per heavy atom. The fourth-order valence-electron chi connectivity index (χ4n) is 2.23. The van der Waals surface area contributed by atoms with Crippen molar-refractivity contribution >= 4 is 30.1 Å². The van der Waals surface area contributed by atoms with Gasteiger partial charge in [0.1, 0.15) is 0 Å². The van der Waals surface area contributed by atoms with E-state index in [1.54, 1.807) is 0 Å². The average Bonchev–Trinajstić information content (AvgIpc) is 2.61. The summed E-state index contributed by atoms with van der Waals surface area (Å²) in [5, 5.41) is 3.37. The molecule has 0 aliphatic rings. The lowest BCUT2D eigenvalue weighted by molar-refractivity contribution is 0.121.